The lowest BCUT2D eigenvalue weighted by molar-refractivity contribution is 0.682. The number of thiazole rings is 1. The minimum Gasteiger partial charge on any atom is -0.399 e. The third-order valence-electron chi connectivity index (χ3n) is 1.94. The molecule has 3 nitrogen and oxygen atoms in total. The summed E-state index contributed by atoms with van der Waals surface area (Å²) in [7, 11) is -1.20. The lowest BCUT2D eigenvalue weighted by Gasteiger charge is -2.04. The van der Waals surface area contributed by atoms with E-state index in [1.165, 1.54) is 11.3 Å². The Balaban J connectivity index is 2.24. The highest BCUT2D eigenvalue weighted by Crippen LogP contribution is 2.24. The number of aromatic nitrogens is 1. The van der Waals surface area contributed by atoms with Gasteiger partial charge in [0.05, 0.1) is 26.5 Å². The molecule has 2 rings (SSSR count). The van der Waals surface area contributed by atoms with Crippen LogP contribution in [0.25, 0.3) is 0 Å². The van der Waals surface area contributed by atoms with E-state index in [0.29, 0.717) is 21.4 Å². The number of hydrogen-bond donors (Lipinski definition) is 1. The van der Waals surface area contributed by atoms with E-state index in [2.05, 4.69) is 4.98 Å². The first kappa shape index (κ1) is 11.6. The molecule has 1 atom stereocenters. The Morgan fingerprint density at radius 3 is 3.00 bits per heavy atom. The Hall–Kier alpha value is -0.910. The summed E-state index contributed by atoms with van der Waals surface area (Å²) in [5.41, 5.74) is 6.19. The first-order valence-corrected chi connectivity index (χ1v) is 7.06. The number of nitrogen functional groups attached to an aromatic ring is 1. The molecule has 0 aliphatic heterocycles. The number of halogens is 1. The van der Waals surface area contributed by atoms with Gasteiger partial charge in [0.1, 0.15) is 5.01 Å². The van der Waals surface area contributed by atoms with Crippen LogP contribution in [-0.2, 0) is 16.6 Å². The lowest BCUT2D eigenvalue weighted by Crippen LogP contribution is -1.98. The van der Waals surface area contributed by atoms with Gasteiger partial charge >= 0.3 is 0 Å². The van der Waals surface area contributed by atoms with Crippen LogP contribution in [0, 0.1) is 0 Å². The maximum absolute atomic E-state index is 12.0. The Labute approximate surface area is 105 Å². The van der Waals surface area contributed by atoms with E-state index in [1.807, 2.05) is 5.38 Å². The highest BCUT2D eigenvalue weighted by atomic mass is 35.5. The van der Waals surface area contributed by atoms with Crippen molar-refractivity contribution in [3.8, 4) is 0 Å². The molecule has 0 amide bonds. The summed E-state index contributed by atoms with van der Waals surface area (Å²) in [4.78, 5) is 4.65. The predicted molar refractivity (Wildman–Crippen MR) is 68.1 cm³/mol. The summed E-state index contributed by atoms with van der Waals surface area (Å²) in [5.74, 6) is 0.376. The first-order chi connectivity index (χ1) is 7.66. The quantitative estimate of drug-likeness (QED) is 0.874. The summed E-state index contributed by atoms with van der Waals surface area (Å²) >= 11 is 7.44. The Morgan fingerprint density at radius 1 is 1.50 bits per heavy atom. The van der Waals surface area contributed by atoms with Crippen LogP contribution in [-0.4, -0.2) is 9.19 Å². The second-order valence-electron chi connectivity index (χ2n) is 3.11. The van der Waals surface area contributed by atoms with Crippen molar-refractivity contribution in [2.24, 2.45) is 0 Å². The summed E-state index contributed by atoms with van der Waals surface area (Å²) in [6.07, 6.45) is 1.69. The van der Waals surface area contributed by atoms with Gasteiger partial charge in [-0.15, -0.1) is 11.3 Å². The molecule has 0 spiro atoms. The lowest BCUT2D eigenvalue weighted by atomic mass is 10.3. The fraction of sp³-hybridized carbons (Fsp3) is 0.100. The van der Waals surface area contributed by atoms with Crippen LogP contribution in [0.15, 0.2) is 34.7 Å². The molecule has 2 aromatic rings. The second-order valence-corrected chi connectivity index (χ2v) is 5.91. The summed E-state index contributed by atoms with van der Waals surface area (Å²) in [6.45, 7) is 0. The van der Waals surface area contributed by atoms with Gasteiger partial charge in [0, 0.05) is 17.3 Å². The average molecular weight is 273 g/mol. The molecule has 84 valence electrons. The number of benzene rings is 1. The molecule has 1 aromatic heterocycles. The van der Waals surface area contributed by atoms with Gasteiger partial charge in [-0.3, -0.25) is 4.21 Å². The normalized spacial score (nSPS) is 12.6. The van der Waals surface area contributed by atoms with Gasteiger partial charge in [-0.1, -0.05) is 11.6 Å². The van der Waals surface area contributed by atoms with Crippen LogP contribution in [0.3, 0.4) is 0 Å². The maximum atomic E-state index is 12.0. The van der Waals surface area contributed by atoms with Crippen LogP contribution >= 0.6 is 22.9 Å². The van der Waals surface area contributed by atoms with Crippen molar-refractivity contribution in [3.63, 3.8) is 0 Å². The van der Waals surface area contributed by atoms with E-state index in [-0.39, 0.29) is 0 Å². The van der Waals surface area contributed by atoms with Crippen LogP contribution in [0.1, 0.15) is 5.01 Å². The van der Waals surface area contributed by atoms with Crippen molar-refractivity contribution in [2.75, 3.05) is 5.73 Å². The molecular formula is C10H9ClN2OS2. The standard InChI is InChI=1S/C10H9ClN2OS2/c11-8-2-1-7(12)5-9(8)16(14)6-10-13-3-4-15-10/h1-5H,6,12H2. The topological polar surface area (TPSA) is 56.0 Å². The molecular weight excluding hydrogens is 264 g/mol. The molecule has 2 N–H and O–H groups in total. The Kier molecular flexibility index (Phi) is 3.58. The molecule has 1 aromatic carbocycles. The number of anilines is 1. The van der Waals surface area contributed by atoms with Crippen molar-refractivity contribution in [3.05, 3.63) is 39.8 Å². The third-order valence-corrected chi connectivity index (χ3v) is 4.71. The van der Waals surface area contributed by atoms with Crippen LogP contribution in [0.4, 0.5) is 5.69 Å². The highest BCUT2D eigenvalue weighted by Gasteiger charge is 2.11. The average Bonchev–Trinajstić information content (AvgIpc) is 2.74. The summed E-state index contributed by atoms with van der Waals surface area (Å²) in [6, 6.07) is 4.99. The zero-order valence-electron chi connectivity index (χ0n) is 8.22. The second kappa shape index (κ2) is 4.95. The monoisotopic (exact) mass is 272 g/mol. The van der Waals surface area contributed by atoms with Crippen molar-refractivity contribution in [1.29, 1.82) is 0 Å². The molecule has 16 heavy (non-hydrogen) atoms. The molecule has 0 fully saturated rings. The van der Waals surface area contributed by atoms with Gasteiger partial charge < -0.3 is 5.73 Å². The molecule has 6 heteroatoms. The van der Waals surface area contributed by atoms with Gasteiger partial charge in [0.15, 0.2) is 0 Å². The number of rotatable bonds is 3. The number of nitrogens with zero attached hydrogens (tertiary/aromatic N) is 1. The first-order valence-electron chi connectivity index (χ1n) is 4.48. The fourth-order valence-corrected chi connectivity index (χ4v) is 3.59. The van der Waals surface area contributed by atoms with Crippen LogP contribution in [0.5, 0.6) is 0 Å². The van der Waals surface area contributed by atoms with Crippen molar-refractivity contribution in [1.82, 2.24) is 4.98 Å². The van der Waals surface area contributed by atoms with E-state index < -0.39 is 10.8 Å². The summed E-state index contributed by atoms with van der Waals surface area (Å²) in [5, 5.41) is 3.16. The van der Waals surface area contributed by atoms with E-state index in [4.69, 9.17) is 17.3 Å². The number of nitrogens with two attached hydrogens (primary N) is 1. The van der Waals surface area contributed by atoms with Gasteiger partial charge in [-0.25, -0.2) is 4.98 Å². The molecule has 0 bridgehead atoms. The van der Waals surface area contributed by atoms with Crippen molar-refractivity contribution >= 4 is 39.4 Å². The fourth-order valence-electron chi connectivity index (χ4n) is 1.21. The van der Waals surface area contributed by atoms with Crippen molar-refractivity contribution in [2.45, 2.75) is 10.6 Å². The van der Waals surface area contributed by atoms with E-state index >= 15 is 0 Å². The Morgan fingerprint density at radius 2 is 2.31 bits per heavy atom. The largest absolute Gasteiger partial charge is 0.399 e. The number of hydrogen-bond acceptors (Lipinski definition) is 4. The highest BCUT2D eigenvalue weighted by molar-refractivity contribution is 7.84. The molecule has 0 saturated heterocycles. The molecule has 0 aliphatic rings. The predicted octanol–water partition coefficient (Wildman–Crippen LogP) is 2.69. The zero-order valence-corrected chi connectivity index (χ0v) is 10.6. The minimum absolute atomic E-state index is 0.376. The third kappa shape index (κ3) is 2.61. The van der Waals surface area contributed by atoms with E-state index in [1.54, 1.807) is 24.4 Å². The van der Waals surface area contributed by atoms with Crippen molar-refractivity contribution < 1.29 is 4.21 Å². The van der Waals surface area contributed by atoms with Gasteiger partial charge in [-0.2, -0.15) is 0 Å². The van der Waals surface area contributed by atoms with Crippen LogP contribution in [0.2, 0.25) is 5.02 Å². The molecule has 0 saturated carbocycles. The van der Waals surface area contributed by atoms with Gasteiger partial charge in [0.2, 0.25) is 0 Å². The molecule has 0 radical (unpaired) electrons. The smallest absolute Gasteiger partial charge is 0.105 e. The Bertz CT molecular complexity index is 514. The zero-order chi connectivity index (χ0) is 11.5. The van der Waals surface area contributed by atoms with Gasteiger partial charge in [-0.05, 0) is 18.2 Å². The van der Waals surface area contributed by atoms with Gasteiger partial charge in [0.25, 0.3) is 0 Å². The SMILES string of the molecule is Nc1ccc(Cl)c(S(=O)Cc2nccs2)c1. The minimum atomic E-state index is -1.20. The molecule has 1 unspecified atom stereocenters. The van der Waals surface area contributed by atoms with E-state index in [9.17, 15) is 4.21 Å². The molecule has 1 heterocycles. The summed E-state index contributed by atoms with van der Waals surface area (Å²) < 4.78 is 12.0. The van der Waals surface area contributed by atoms with E-state index in [0.717, 1.165) is 5.01 Å². The molecule has 0 aliphatic carbocycles. The maximum Gasteiger partial charge on any atom is 0.105 e. The van der Waals surface area contributed by atoms with Crippen LogP contribution < -0.4 is 5.73 Å².